The van der Waals surface area contributed by atoms with E-state index in [1.54, 1.807) is 6.20 Å². The van der Waals surface area contributed by atoms with Gasteiger partial charge in [-0.3, -0.25) is 4.98 Å². The largest absolute Gasteiger partial charge is 0.264 e. The molecule has 0 unspecified atom stereocenters. The van der Waals surface area contributed by atoms with E-state index in [0.29, 0.717) is 17.5 Å². The van der Waals surface area contributed by atoms with Crippen LogP contribution < -0.4 is 0 Å². The molecule has 0 atom stereocenters. The quantitative estimate of drug-likeness (QED) is 0.218. The molecule has 0 radical (unpaired) electrons. The first-order chi connectivity index (χ1) is 21.1. The van der Waals surface area contributed by atoms with Crippen LogP contribution in [0.15, 0.2) is 134 Å². The molecule has 2 aromatic heterocycles. The highest BCUT2D eigenvalue weighted by molar-refractivity contribution is 5.98. The van der Waals surface area contributed by atoms with E-state index in [0.717, 1.165) is 27.8 Å². The molecular formula is C39H28N4. The van der Waals surface area contributed by atoms with Gasteiger partial charge in [-0.1, -0.05) is 123 Å². The van der Waals surface area contributed by atoms with Gasteiger partial charge in [0.05, 0.1) is 0 Å². The van der Waals surface area contributed by atoms with Gasteiger partial charge in [0.25, 0.3) is 0 Å². The minimum atomic E-state index is -0.112. The zero-order valence-corrected chi connectivity index (χ0v) is 24.0. The van der Waals surface area contributed by atoms with Gasteiger partial charge in [0.1, 0.15) is 0 Å². The second-order valence-electron chi connectivity index (χ2n) is 11.6. The maximum absolute atomic E-state index is 5.03. The van der Waals surface area contributed by atoms with E-state index in [4.69, 9.17) is 15.0 Å². The molecule has 0 spiro atoms. The molecule has 204 valence electrons. The van der Waals surface area contributed by atoms with Crippen molar-refractivity contribution < 1.29 is 0 Å². The lowest BCUT2D eigenvalue weighted by Crippen LogP contribution is -2.15. The summed E-state index contributed by atoms with van der Waals surface area (Å²) in [6.45, 7) is 4.65. The maximum atomic E-state index is 5.03. The monoisotopic (exact) mass is 552 g/mol. The van der Waals surface area contributed by atoms with Crippen LogP contribution in [-0.4, -0.2) is 19.9 Å². The van der Waals surface area contributed by atoms with E-state index in [9.17, 15) is 0 Å². The van der Waals surface area contributed by atoms with Crippen LogP contribution in [0.1, 0.15) is 25.0 Å². The van der Waals surface area contributed by atoms with Crippen molar-refractivity contribution in [2.75, 3.05) is 0 Å². The van der Waals surface area contributed by atoms with Crippen LogP contribution in [0, 0.1) is 0 Å². The number of rotatable bonds is 4. The Bertz CT molecular complexity index is 2130. The molecular weight excluding hydrogens is 524 g/mol. The smallest absolute Gasteiger partial charge is 0.164 e. The highest BCUT2D eigenvalue weighted by Gasteiger charge is 2.37. The van der Waals surface area contributed by atoms with Crippen molar-refractivity contribution >= 4 is 10.8 Å². The lowest BCUT2D eigenvalue weighted by molar-refractivity contribution is 0.666. The van der Waals surface area contributed by atoms with E-state index in [1.807, 2.05) is 42.6 Å². The summed E-state index contributed by atoms with van der Waals surface area (Å²) in [5, 5.41) is 2.58. The number of aromatic nitrogens is 4. The summed E-state index contributed by atoms with van der Waals surface area (Å²) in [7, 11) is 0. The zero-order valence-electron chi connectivity index (χ0n) is 24.0. The molecule has 8 rings (SSSR count). The van der Waals surface area contributed by atoms with Crippen LogP contribution in [0.2, 0.25) is 0 Å². The molecule has 0 saturated carbocycles. The van der Waals surface area contributed by atoms with Crippen molar-refractivity contribution in [3.05, 3.63) is 145 Å². The molecule has 1 aliphatic carbocycles. The summed E-state index contributed by atoms with van der Waals surface area (Å²) in [5.41, 5.74) is 10.2. The van der Waals surface area contributed by atoms with Gasteiger partial charge < -0.3 is 0 Å². The van der Waals surface area contributed by atoms with E-state index in [1.165, 1.54) is 33.0 Å². The van der Waals surface area contributed by atoms with Crippen LogP contribution in [0.25, 0.3) is 67.2 Å². The van der Waals surface area contributed by atoms with Gasteiger partial charge in [-0.2, -0.15) is 0 Å². The van der Waals surface area contributed by atoms with Crippen LogP contribution in [0.5, 0.6) is 0 Å². The molecule has 0 amide bonds. The van der Waals surface area contributed by atoms with Gasteiger partial charge in [-0.15, -0.1) is 0 Å². The van der Waals surface area contributed by atoms with Gasteiger partial charge in [-0.25, -0.2) is 15.0 Å². The van der Waals surface area contributed by atoms with Crippen LogP contribution in [0.4, 0.5) is 0 Å². The van der Waals surface area contributed by atoms with Crippen molar-refractivity contribution in [1.29, 1.82) is 0 Å². The fraction of sp³-hybridized carbons (Fsp3) is 0.0769. The number of pyridine rings is 1. The highest BCUT2D eigenvalue weighted by atomic mass is 15.0. The van der Waals surface area contributed by atoms with Crippen molar-refractivity contribution in [3.8, 4) is 56.4 Å². The lowest BCUT2D eigenvalue weighted by atomic mass is 9.80. The molecule has 0 N–H and O–H groups in total. The lowest BCUT2D eigenvalue weighted by Gasteiger charge is -2.23. The van der Waals surface area contributed by atoms with Gasteiger partial charge in [0.15, 0.2) is 17.5 Å². The normalized spacial score (nSPS) is 13.1. The standard InChI is InChI=1S/C39H28N4/c1-39(2)34-21-19-29(23-33(34)32-20-18-26-9-6-7-13-31(26)35(32)39)38-42-36(27-10-4-3-5-11-27)41-37(43-38)28-16-14-25(15-17-28)30-12-8-22-40-24-30/h3-24H,1-2H3. The van der Waals surface area contributed by atoms with E-state index in [-0.39, 0.29) is 5.41 Å². The summed E-state index contributed by atoms with van der Waals surface area (Å²) in [5.74, 6) is 1.97. The highest BCUT2D eigenvalue weighted by Crippen LogP contribution is 2.52. The number of fused-ring (bicyclic) bond motifs is 5. The first-order valence-electron chi connectivity index (χ1n) is 14.6. The molecule has 0 saturated heterocycles. The van der Waals surface area contributed by atoms with Crippen molar-refractivity contribution in [3.63, 3.8) is 0 Å². The number of benzene rings is 5. The first kappa shape index (κ1) is 25.2. The van der Waals surface area contributed by atoms with E-state index >= 15 is 0 Å². The molecule has 1 aliphatic rings. The van der Waals surface area contributed by atoms with E-state index < -0.39 is 0 Å². The Morgan fingerprint density at radius 3 is 1.86 bits per heavy atom. The van der Waals surface area contributed by atoms with Gasteiger partial charge in [-0.05, 0) is 56.3 Å². The molecule has 7 aromatic rings. The van der Waals surface area contributed by atoms with Gasteiger partial charge >= 0.3 is 0 Å². The molecule has 2 heterocycles. The molecule has 4 nitrogen and oxygen atoms in total. The predicted molar refractivity (Wildman–Crippen MR) is 174 cm³/mol. The van der Waals surface area contributed by atoms with Crippen molar-refractivity contribution in [1.82, 2.24) is 19.9 Å². The third kappa shape index (κ3) is 4.22. The summed E-state index contributed by atoms with van der Waals surface area (Å²) < 4.78 is 0. The fourth-order valence-electron chi connectivity index (χ4n) is 6.45. The van der Waals surface area contributed by atoms with Gasteiger partial charge in [0, 0.05) is 34.5 Å². The van der Waals surface area contributed by atoms with Crippen LogP contribution >= 0.6 is 0 Å². The van der Waals surface area contributed by atoms with Crippen LogP contribution in [0.3, 0.4) is 0 Å². The zero-order chi connectivity index (χ0) is 29.0. The molecule has 0 fully saturated rings. The van der Waals surface area contributed by atoms with Crippen molar-refractivity contribution in [2.24, 2.45) is 0 Å². The Labute approximate surface area is 250 Å². The first-order valence-corrected chi connectivity index (χ1v) is 14.6. The maximum Gasteiger partial charge on any atom is 0.164 e. The molecule has 43 heavy (non-hydrogen) atoms. The number of hydrogen-bond acceptors (Lipinski definition) is 4. The Balaban J connectivity index is 1.27. The molecule has 0 aliphatic heterocycles. The third-order valence-corrected chi connectivity index (χ3v) is 8.60. The average molecular weight is 553 g/mol. The minimum absolute atomic E-state index is 0.112. The Morgan fingerprint density at radius 1 is 0.488 bits per heavy atom. The molecule has 5 aromatic carbocycles. The summed E-state index contributed by atoms with van der Waals surface area (Å²) >= 11 is 0. The SMILES string of the molecule is CC1(C)c2ccc(-c3nc(-c4ccccc4)nc(-c4ccc(-c5cccnc5)cc4)n3)cc2-c2ccc3ccccc3c21. The Hall–Kier alpha value is -5.48. The fourth-order valence-corrected chi connectivity index (χ4v) is 6.45. The predicted octanol–water partition coefficient (Wildman–Crippen LogP) is 9.39. The number of hydrogen-bond donors (Lipinski definition) is 0. The second-order valence-corrected chi connectivity index (χ2v) is 11.6. The van der Waals surface area contributed by atoms with Gasteiger partial charge in [0.2, 0.25) is 0 Å². The number of nitrogens with zero attached hydrogens (tertiary/aromatic N) is 4. The average Bonchev–Trinajstić information content (AvgIpc) is 3.31. The summed E-state index contributed by atoms with van der Waals surface area (Å²) in [6, 6.07) is 42.3. The third-order valence-electron chi connectivity index (χ3n) is 8.60. The van der Waals surface area contributed by atoms with Crippen LogP contribution in [-0.2, 0) is 5.41 Å². The summed E-state index contributed by atoms with van der Waals surface area (Å²) in [4.78, 5) is 19.2. The second kappa shape index (κ2) is 9.81. The summed E-state index contributed by atoms with van der Waals surface area (Å²) in [6.07, 6.45) is 3.66. The van der Waals surface area contributed by atoms with Crippen molar-refractivity contribution in [2.45, 2.75) is 19.3 Å². The Kier molecular flexibility index (Phi) is 5.76. The van der Waals surface area contributed by atoms with E-state index in [2.05, 4.69) is 104 Å². The molecule has 0 bridgehead atoms. The molecule has 4 heteroatoms. The Morgan fingerprint density at radius 2 is 1.12 bits per heavy atom. The topological polar surface area (TPSA) is 51.6 Å². The minimum Gasteiger partial charge on any atom is -0.264 e.